The number of nitrogens with one attached hydrogen (secondary N) is 2. The van der Waals surface area contributed by atoms with E-state index >= 15 is 0 Å². The van der Waals surface area contributed by atoms with Crippen molar-refractivity contribution in [2.75, 3.05) is 25.0 Å². The molecule has 0 aromatic carbocycles. The van der Waals surface area contributed by atoms with E-state index in [0.29, 0.717) is 5.82 Å². The Balaban J connectivity index is 2.14. The first kappa shape index (κ1) is 12.5. The van der Waals surface area contributed by atoms with Gasteiger partial charge in [-0.15, -0.1) is 0 Å². The minimum absolute atomic E-state index is 0.166. The van der Waals surface area contributed by atoms with E-state index in [2.05, 4.69) is 15.6 Å². The molecule has 1 fully saturated rings. The van der Waals surface area contributed by atoms with Crippen LogP contribution in [0.2, 0.25) is 0 Å². The van der Waals surface area contributed by atoms with Crippen LogP contribution in [0.4, 0.5) is 5.82 Å². The number of carbonyl (C=O) groups is 2. The quantitative estimate of drug-likeness (QED) is 0.726. The van der Waals surface area contributed by atoms with Gasteiger partial charge in [0.2, 0.25) is 11.8 Å². The van der Waals surface area contributed by atoms with E-state index in [9.17, 15) is 9.59 Å². The molecule has 1 aliphatic heterocycles. The number of carbonyl (C=O) groups excluding carboxylic acids is 2. The molecule has 1 aromatic heterocycles. The summed E-state index contributed by atoms with van der Waals surface area (Å²) in [5.74, 6) is 0.0618. The Labute approximate surface area is 105 Å². The molecule has 1 aromatic rings. The molecule has 6 nitrogen and oxygen atoms in total. The number of imide groups is 1. The van der Waals surface area contributed by atoms with Crippen LogP contribution in [-0.2, 0) is 9.59 Å². The molecular formula is C12H16N4O2. The molecule has 2 amide bonds. The number of piperazine rings is 1. The third-order valence-corrected chi connectivity index (χ3v) is 2.98. The minimum Gasteiger partial charge on any atom is -0.338 e. The van der Waals surface area contributed by atoms with Crippen molar-refractivity contribution in [2.45, 2.75) is 13.0 Å². The Bertz CT molecular complexity index is 442. The van der Waals surface area contributed by atoms with Gasteiger partial charge in [0.1, 0.15) is 5.82 Å². The second-order valence-electron chi connectivity index (χ2n) is 4.29. The number of anilines is 1. The SMILES string of the molecule is CNC(C)c1ccc(N2CC(=O)NC(=O)C2)nc1. The number of rotatable bonds is 3. The minimum atomic E-state index is -0.291. The standard InChI is InChI=1S/C12H16N4O2/c1-8(13-2)9-3-4-10(14-5-9)16-6-11(17)15-12(18)7-16/h3-5,8,13H,6-7H2,1-2H3,(H,15,17,18). The fourth-order valence-electron chi connectivity index (χ4n) is 1.81. The van der Waals surface area contributed by atoms with Crippen molar-refractivity contribution in [2.24, 2.45) is 0 Å². The molecule has 1 aliphatic rings. The molecule has 1 unspecified atom stereocenters. The summed E-state index contributed by atoms with van der Waals surface area (Å²) >= 11 is 0. The van der Waals surface area contributed by atoms with Crippen LogP contribution in [0.15, 0.2) is 18.3 Å². The average Bonchev–Trinajstić information content (AvgIpc) is 2.37. The number of amides is 2. The Hall–Kier alpha value is -1.95. The van der Waals surface area contributed by atoms with E-state index in [1.807, 2.05) is 26.1 Å². The molecule has 0 saturated carbocycles. The van der Waals surface area contributed by atoms with Gasteiger partial charge in [0.25, 0.3) is 0 Å². The van der Waals surface area contributed by atoms with Crippen LogP contribution in [0, 0.1) is 0 Å². The summed E-state index contributed by atoms with van der Waals surface area (Å²) in [6.45, 7) is 2.37. The summed E-state index contributed by atoms with van der Waals surface area (Å²) in [6, 6.07) is 3.99. The number of pyridine rings is 1. The molecular weight excluding hydrogens is 232 g/mol. The molecule has 1 atom stereocenters. The Morgan fingerprint density at radius 1 is 1.33 bits per heavy atom. The lowest BCUT2D eigenvalue weighted by Gasteiger charge is -2.26. The van der Waals surface area contributed by atoms with Crippen molar-refractivity contribution in [1.82, 2.24) is 15.6 Å². The van der Waals surface area contributed by atoms with Crippen LogP contribution in [-0.4, -0.2) is 36.9 Å². The summed E-state index contributed by atoms with van der Waals surface area (Å²) in [5, 5.41) is 5.38. The lowest BCUT2D eigenvalue weighted by atomic mass is 10.1. The van der Waals surface area contributed by atoms with Crippen LogP contribution in [0.1, 0.15) is 18.5 Å². The van der Waals surface area contributed by atoms with Crippen molar-refractivity contribution in [3.63, 3.8) is 0 Å². The van der Waals surface area contributed by atoms with Crippen LogP contribution < -0.4 is 15.5 Å². The summed E-state index contributed by atoms with van der Waals surface area (Å²) in [7, 11) is 1.88. The smallest absolute Gasteiger partial charge is 0.246 e. The summed E-state index contributed by atoms with van der Waals surface area (Å²) < 4.78 is 0. The lowest BCUT2D eigenvalue weighted by molar-refractivity contribution is -0.130. The van der Waals surface area contributed by atoms with Gasteiger partial charge in [-0.3, -0.25) is 14.9 Å². The predicted molar refractivity (Wildman–Crippen MR) is 67.1 cm³/mol. The summed E-state index contributed by atoms with van der Waals surface area (Å²) in [6.07, 6.45) is 1.76. The van der Waals surface area contributed by atoms with Crippen LogP contribution >= 0.6 is 0 Å². The highest BCUT2D eigenvalue weighted by atomic mass is 16.2. The van der Waals surface area contributed by atoms with Gasteiger partial charge in [-0.1, -0.05) is 6.07 Å². The maximum Gasteiger partial charge on any atom is 0.246 e. The van der Waals surface area contributed by atoms with Gasteiger partial charge in [0.05, 0.1) is 13.1 Å². The maximum absolute atomic E-state index is 11.3. The van der Waals surface area contributed by atoms with E-state index in [1.54, 1.807) is 11.1 Å². The third-order valence-electron chi connectivity index (χ3n) is 2.98. The number of hydrogen-bond acceptors (Lipinski definition) is 5. The van der Waals surface area contributed by atoms with Crippen molar-refractivity contribution >= 4 is 17.6 Å². The van der Waals surface area contributed by atoms with Crippen LogP contribution in [0.5, 0.6) is 0 Å². The topological polar surface area (TPSA) is 74.3 Å². The zero-order valence-electron chi connectivity index (χ0n) is 10.4. The van der Waals surface area contributed by atoms with Gasteiger partial charge in [-0.05, 0) is 25.6 Å². The Kier molecular flexibility index (Phi) is 3.57. The molecule has 2 rings (SSSR count). The van der Waals surface area contributed by atoms with E-state index in [1.165, 1.54) is 0 Å². The van der Waals surface area contributed by atoms with Crippen LogP contribution in [0.3, 0.4) is 0 Å². The Morgan fingerprint density at radius 3 is 2.50 bits per heavy atom. The van der Waals surface area contributed by atoms with Gasteiger partial charge in [0, 0.05) is 12.2 Å². The van der Waals surface area contributed by atoms with E-state index in [0.717, 1.165) is 5.56 Å². The number of aromatic nitrogens is 1. The fraction of sp³-hybridized carbons (Fsp3) is 0.417. The molecule has 0 bridgehead atoms. The average molecular weight is 248 g/mol. The van der Waals surface area contributed by atoms with Gasteiger partial charge < -0.3 is 10.2 Å². The molecule has 2 heterocycles. The summed E-state index contributed by atoms with van der Waals surface area (Å²) in [4.78, 5) is 28.5. The molecule has 2 N–H and O–H groups in total. The number of nitrogens with zero attached hydrogens (tertiary/aromatic N) is 2. The third kappa shape index (κ3) is 2.65. The summed E-state index contributed by atoms with van der Waals surface area (Å²) in [5.41, 5.74) is 1.06. The highest BCUT2D eigenvalue weighted by Gasteiger charge is 2.23. The monoisotopic (exact) mass is 248 g/mol. The molecule has 0 spiro atoms. The van der Waals surface area contributed by atoms with E-state index in [4.69, 9.17) is 0 Å². The first-order valence-electron chi connectivity index (χ1n) is 5.81. The van der Waals surface area contributed by atoms with Gasteiger partial charge in [-0.25, -0.2) is 4.98 Å². The first-order valence-corrected chi connectivity index (χ1v) is 5.81. The van der Waals surface area contributed by atoms with Gasteiger partial charge in [-0.2, -0.15) is 0 Å². The molecule has 0 aliphatic carbocycles. The highest BCUT2D eigenvalue weighted by Crippen LogP contribution is 2.16. The van der Waals surface area contributed by atoms with Gasteiger partial charge in [0.15, 0.2) is 0 Å². The number of hydrogen-bond donors (Lipinski definition) is 2. The van der Waals surface area contributed by atoms with Crippen molar-refractivity contribution in [3.8, 4) is 0 Å². The van der Waals surface area contributed by atoms with Crippen molar-refractivity contribution < 1.29 is 9.59 Å². The van der Waals surface area contributed by atoms with E-state index < -0.39 is 0 Å². The first-order chi connectivity index (χ1) is 8.60. The molecule has 0 radical (unpaired) electrons. The molecule has 96 valence electrons. The molecule has 18 heavy (non-hydrogen) atoms. The van der Waals surface area contributed by atoms with Crippen LogP contribution in [0.25, 0.3) is 0 Å². The highest BCUT2D eigenvalue weighted by molar-refractivity contribution is 6.02. The molecule has 6 heteroatoms. The second kappa shape index (κ2) is 5.14. The largest absolute Gasteiger partial charge is 0.338 e. The second-order valence-corrected chi connectivity index (χ2v) is 4.29. The zero-order valence-corrected chi connectivity index (χ0v) is 10.4. The normalized spacial score (nSPS) is 17.6. The van der Waals surface area contributed by atoms with Gasteiger partial charge >= 0.3 is 0 Å². The molecule has 1 saturated heterocycles. The Morgan fingerprint density at radius 2 is 2.00 bits per heavy atom. The van der Waals surface area contributed by atoms with Crippen molar-refractivity contribution in [1.29, 1.82) is 0 Å². The fourth-order valence-corrected chi connectivity index (χ4v) is 1.81. The maximum atomic E-state index is 11.3. The zero-order chi connectivity index (χ0) is 13.1. The van der Waals surface area contributed by atoms with Crippen molar-refractivity contribution in [3.05, 3.63) is 23.9 Å². The lowest BCUT2D eigenvalue weighted by Crippen LogP contribution is -2.51. The van der Waals surface area contributed by atoms with E-state index in [-0.39, 0.29) is 30.9 Å². The predicted octanol–water partition coefficient (Wildman–Crippen LogP) is -0.175.